The Morgan fingerprint density at radius 1 is 1.09 bits per heavy atom. The molecule has 1 fully saturated rings. The summed E-state index contributed by atoms with van der Waals surface area (Å²) in [5, 5.41) is 15.7. The van der Waals surface area contributed by atoms with Crippen molar-refractivity contribution in [3.8, 4) is 5.75 Å². The van der Waals surface area contributed by atoms with Crippen molar-refractivity contribution >= 4 is 17.9 Å². The fourth-order valence-corrected chi connectivity index (χ4v) is 3.55. The zero-order valence-corrected chi connectivity index (χ0v) is 21.1. The van der Waals surface area contributed by atoms with Crippen molar-refractivity contribution in [1.82, 2.24) is 15.5 Å². The van der Waals surface area contributed by atoms with Gasteiger partial charge in [0.05, 0.1) is 0 Å². The molecule has 0 spiro atoms. The number of amides is 3. The van der Waals surface area contributed by atoms with Crippen LogP contribution in [0.15, 0.2) is 24.3 Å². The minimum atomic E-state index is -0.946. The summed E-state index contributed by atoms with van der Waals surface area (Å²) in [4.78, 5) is 41.3. The predicted octanol–water partition coefficient (Wildman–Crippen LogP) is 3.89. The number of hydrogen-bond donors (Lipinski definition) is 3. The Morgan fingerprint density at radius 2 is 1.70 bits per heavy atom. The number of alkyl carbamates (subject to hydrolysis) is 1. The SMILES string of the molecule is CC(C)C(NC(=O)OC(C)(C)C)C(=O)N(C1CC1)C(C(=O)NC(C)(C)C)c1cccc(O)c1. The first kappa shape index (κ1) is 26.5. The van der Waals surface area contributed by atoms with Crippen molar-refractivity contribution in [2.75, 3.05) is 0 Å². The van der Waals surface area contributed by atoms with Gasteiger partial charge < -0.3 is 25.4 Å². The lowest BCUT2D eigenvalue weighted by Crippen LogP contribution is -2.56. The van der Waals surface area contributed by atoms with Gasteiger partial charge in [0.15, 0.2) is 0 Å². The predicted molar refractivity (Wildman–Crippen MR) is 127 cm³/mol. The van der Waals surface area contributed by atoms with Crippen LogP contribution in [0.3, 0.4) is 0 Å². The molecule has 33 heavy (non-hydrogen) atoms. The van der Waals surface area contributed by atoms with Gasteiger partial charge in [0, 0.05) is 11.6 Å². The summed E-state index contributed by atoms with van der Waals surface area (Å²) in [5.41, 5.74) is -0.713. The van der Waals surface area contributed by atoms with Crippen molar-refractivity contribution in [3.05, 3.63) is 29.8 Å². The summed E-state index contributed by atoms with van der Waals surface area (Å²) in [6, 6.07) is 4.45. The Hall–Kier alpha value is -2.77. The number of rotatable bonds is 7. The van der Waals surface area contributed by atoms with E-state index in [1.165, 1.54) is 12.1 Å². The minimum absolute atomic E-state index is 0.0107. The number of ether oxygens (including phenoxy) is 1. The van der Waals surface area contributed by atoms with Crippen molar-refractivity contribution < 1.29 is 24.2 Å². The molecule has 1 aromatic rings. The summed E-state index contributed by atoms with van der Waals surface area (Å²) in [6.07, 6.45) is 0.848. The Balaban J connectivity index is 2.45. The Labute approximate surface area is 197 Å². The molecule has 3 amide bonds. The van der Waals surface area contributed by atoms with Crippen molar-refractivity contribution in [3.63, 3.8) is 0 Å². The molecule has 184 valence electrons. The van der Waals surface area contributed by atoms with Crippen molar-refractivity contribution in [2.45, 2.75) is 97.5 Å². The number of carbonyl (C=O) groups is 3. The summed E-state index contributed by atoms with van der Waals surface area (Å²) in [6.45, 7) is 14.5. The van der Waals surface area contributed by atoms with E-state index >= 15 is 0 Å². The van der Waals surface area contributed by atoms with Crippen LogP contribution >= 0.6 is 0 Å². The van der Waals surface area contributed by atoms with Crippen LogP contribution in [0, 0.1) is 5.92 Å². The van der Waals surface area contributed by atoms with Crippen LogP contribution in [0.4, 0.5) is 4.79 Å². The van der Waals surface area contributed by atoms with E-state index in [4.69, 9.17) is 4.74 Å². The van der Waals surface area contributed by atoms with Gasteiger partial charge in [-0.3, -0.25) is 9.59 Å². The first-order valence-electron chi connectivity index (χ1n) is 11.5. The molecule has 8 nitrogen and oxygen atoms in total. The lowest BCUT2D eigenvalue weighted by atomic mass is 9.97. The van der Waals surface area contributed by atoms with Gasteiger partial charge in [-0.2, -0.15) is 0 Å². The molecule has 1 aliphatic rings. The first-order valence-corrected chi connectivity index (χ1v) is 11.5. The van der Waals surface area contributed by atoms with Crippen LogP contribution in [-0.4, -0.2) is 51.1 Å². The number of phenolic OH excluding ortho intramolecular Hbond substituents is 1. The summed E-state index contributed by atoms with van der Waals surface area (Å²) in [7, 11) is 0. The highest BCUT2D eigenvalue weighted by Crippen LogP contribution is 2.37. The number of aromatic hydroxyl groups is 1. The zero-order chi connectivity index (χ0) is 25.1. The third-order valence-electron chi connectivity index (χ3n) is 5.01. The van der Waals surface area contributed by atoms with E-state index < -0.39 is 29.3 Å². The molecule has 0 saturated heterocycles. The van der Waals surface area contributed by atoms with Crippen molar-refractivity contribution in [1.29, 1.82) is 0 Å². The number of nitrogens with zero attached hydrogens (tertiary/aromatic N) is 1. The van der Waals surface area contributed by atoms with Gasteiger partial charge in [0.1, 0.15) is 23.4 Å². The van der Waals surface area contributed by atoms with Crippen LogP contribution in [0.5, 0.6) is 5.75 Å². The normalized spacial score (nSPS) is 16.0. The second-order valence-electron chi connectivity index (χ2n) is 11.1. The number of hydrogen-bond acceptors (Lipinski definition) is 5. The number of nitrogens with one attached hydrogen (secondary N) is 2. The number of phenols is 1. The second-order valence-corrected chi connectivity index (χ2v) is 11.1. The van der Waals surface area contributed by atoms with Crippen molar-refractivity contribution in [2.24, 2.45) is 5.92 Å². The van der Waals surface area contributed by atoms with Gasteiger partial charge in [-0.15, -0.1) is 0 Å². The van der Waals surface area contributed by atoms with Crippen LogP contribution in [0.25, 0.3) is 0 Å². The number of benzene rings is 1. The quantitative estimate of drug-likeness (QED) is 0.571. The lowest BCUT2D eigenvalue weighted by Gasteiger charge is -2.37. The molecular weight excluding hydrogens is 422 g/mol. The molecular formula is C25H39N3O5. The molecule has 8 heteroatoms. The minimum Gasteiger partial charge on any atom is -0.508 e. The Bertz CT molecular complexity index is 866. The largest absolute Gasteiger partial charge is 0.508 e. The van der Waals surface area contributed by atoms with Crippen LogP contribution in [0.1, 0.15) is 79.8 Å². The highest BCUT2D eigenvalue weighted by Gasteiger charge is 2.45. The van der Waals surface area contributed by atoms with Gasteiger partial charge in [-0.05, 0) is 78.0 Å². The summed E-state index contributed by atoms with van der Waals surface area (Å²) < 4.78 is 5.37. The molecule has 2 rings (SSSR count). The van der Waals surface area contributed by atoms with Crippen LogP contribution < -0.4 is 10.6 Å². The zero-order valence-electron chi connectivity index (χ0n) is 21.1. The van der Waals surface area contributed by atoms with Crippen LogP contribution in [-0.2, 0) is 14.3 Å². The van der Waals surface area contributed by atoms with E-state index in [9.17, 15) is 19.5 Å². The lowest BCUT2D eigenvalue weighted by molar-refractivity contribution is -0.144. The third kappa shape index (κ3) is 7.94. The highest BCUT2D eigenvalue weighted by atomic mass is 16.6. The third-order valence-corrected chi connectivity index (χ3v) is 5.01. The summed E-state index contributed by atoms with van der Waals surface area (Å²) in [5.74, 6) is -0.915. The van der Waals surface area contributed by atoms with Gasteiger partial charge in [0.25, 0.3) is 0 Å². The average Bonchev–Trinajstić information content (AvgIpc) is 3.45. The molecule has 1 aromatic carbocycles. The van der Waals surface area contributed by atoms with E-state index in [1.807, 2.05) is 34.6 Å². The van der Waals surface area contributed by atoms with Crippen LogP contribution in [0.2, 0.25) is 0 Å². The van der Waals surface area contributed by atoms with Gasteiger partial charge in [-0.25, -0.2) is 4.79 Å². The molecule has 2 unspecified atom stereocenters. The smallest absolute Gasteiger partial charge is 0.408 e. The van der Waals surface area contributed by atoms with E-state index in [-0.39, 0.29) is 29.5 Å². The Kier molecular flexibility index (Phi) is 8.04. The van der Waals surface area contributed by atoms with Gasteiger partial charge in [-0.1, -0.05) is 26.0 Å². The maximum absolute atomic E-state index is 13.9. The summed E-state index contributed by atoms with van der Waals surface area (Å²) >= 11 is 0. The molecule has 0 radical (unpaired) electrons. The van der Waals surface area contributed by atoms with E-state index in [1.54, 1.807) is 37.8 Å². The van der Waals surface area contributed by atoms with E-state index in [2.05, 4.69) is 10.6 Å². The van der Waals surface area contributed by atoms with E-state index in [0.29, 0.717) is 5.56 Å². The average molecular weight is 462 g/mol. The first-order chi connectivity index (χ1) is 15.1. The highest BCUT2D eigenvalue weighted by molar-refractivity contribution is 5.93. The standard InChI is InChI=1S/C25H39N3O5/c1-15(2)19(26-23(32)33-25(6,7)8)22(31)28(17-12-13-17)20(21(30)27-24(3,4)5)16-10-9-11-18(29)14-16/h9-11,14-15,17,19-20,29H,12-13H2,1-8H3,(H,26,32)(H,27,30). The molecule has 1 saturated carbocycles. The monoisotopic (exact) mass is 461 g/mol. The molecule has 0 bridgehead atoms. The molecule has 0 aliphatic heterocycles. The molecule has 0 aromatic heterocycles. The maximum Gasteiger partial charge on any atom is 0.408 e. The molecule has 0 heterocycles. The fraction of sp³-hybridized carbons (Fsp3) is 0.640. The van der Waals surface area contributed by atoms with Gasteiger partial charge >= 0.3 is 6.09 Å². The molecule has 2 atom stereocenters. The number of carbonyl (C=O) groups excluding carboxylic acids is 3. The van der Waals surface area contributed by atoms with E-state index in [0.717, 1.165) is 12.8 Å². The Morgan fingerprint density at radius 3 is 2.15 bits per heavy atom. The second kappa shape index (κ2) is 10.0. The topological polar surface area (TPSA) is 108 Å². The molecule has 1 aliphatic carbocycles. The molecule has 3 N–H and O–H groups in total. The fourth-order valence-electron chi connectivity index (χ4n) is 3.55. The van der Waals surface area contributed by atoms with Gasteiger partial charge in [0.2, 0.25) is 11.8 Å². The maximum atomic E-state index is 13.9.